The standard InChI is InChI=1S/C24H34S.C23H32S.C22H30S.C21H28S.C20H24S/c1-2-3-4-5-6-7-8-9-10-11-12-21-13-15-22(16-14-21)23-17-19-24(25)20-18-23;1-2-3-4-5-6-7-8-9-10-11-20-12-14-21(15-13-20)22-16-18-23(24)19-17-22;1-2-3-4-5-6-7-8-9-10-19-11-13-20(14-12-19)21-15-17-22(23)18-16-21;1-2-3-4-5-6-7-8-9-18-10-12-19(13-11-18)20-14-16-21(22)17-15-20;1-2-3-4-5-6-7-8-17-9-11-18(12-10-17)19-13-15-20(21)16-14-19/h13-20,25H,2-12H2,1H3;12-19,24H,2-11H2,1H3;11-18,23H,2-10H2,1H3;10-17,22H,2-9H2,1H3;5-6,9-16,21H,2-4,7-8H2,1H3. The van der Waals surface area contributed by atoms with E-state index in [0.717, 1.165) is 37.3 Å². The minimum atomic E-state index is 1.00. The van der Waals surface area contributed by atoms with E-state index in [1.807, 2.05) is 36.4 Å². The topological polar surface area (TPSA) is 0 Å². The highest BCUT2D eigenvalue weighted by atomic mass is 32.1. The molecule has 10 aromatic rings. The molecule has 0 aromatic heterocycles. The fraction of sp³-hybridized carbons (Fsp3) is 0.436. The van der Waals surface area contributed by atoms with Gasteiger partial charge in [0.05, 0.1) is 0 Å². The first-order valence-electron chi connectivity index (χ1n) is 45.5. The van der Waals surface area contributed by atoms with Crippen LogP contribution in [0.25, 0.3) is 55.6 Å². The number of hydrogen-bond donors (Lipinski definition) is 5. The van der Waals surface area contributed by atoms with Crippen molar-refractivity contribution < 1.29 is 0 Å². The third kappa shape index (κ3) is 44.9. The molecule has 0 nitrogen and oxygen atoms in total. The monoisotopic (exact) mass is 1630 g/mol. The molecule has 0 amide bonds. The zero-order valence-electron chi connectivity index (χ0n) is 71.9. The lowest BCUT2D eigenvalue weighted by molar-refractivity contribution is 0.556. The fourth-order valence-electron chi connectivity index (χ4n) is 14.6. The molecule has 0 aliphatic heterocycles. The summed E-state index contributed by atoms with van der Waals surface area (Å²) < 4.78 is 0. The van der Waals surface area contributed by atoms with Gasteiger partial charge in [-0.05, 0) is 215 Å². The van der Waals surface area contributed by atoms with Gasteiger partial charge in [0.25, 0.3) is 0 Å². The van der Waals surface area contributed by atoms with Crippen LogP contribution in [-0.4, -0.2) is 0 Å². The Bertz CT molecular complexity index is 3970. The van der Waals surface area contributed by atoms with E-state index < -0.39 is 0 Å². The first kappa shape index (κ1) is 97.5. The van der Waals surface area contributed by atoms with Crippen molar-refractivity contribution in [2.75, 3.05) is 0 Å². The molecule has 0 saturated carbocycles. The highest BCUT2D eigenvalue weighted by Gasteiger charge is 2.06. The smallest absolute Gasteiger partial charge is 0.00404 e. The SMILES string of the molecule is CCCCC=CCCc1ccc(-c2ccc(S)cc2)cc1.CCCCCCCCCCCCc1ccc(-c2ccc(S)cc2)cc1.CCCCCCCCCCCc1ccc(-c2ccc(S)cc2)cc1.CCCCCCCCCCc1ccc(-c2ccc(S)cc2)cc1.CCCCCCCCCc1ccc(-c2ccc(S)cc2)cc1. The summed E-state index contributed by atoms with van der Waals surface area (Å²) in [6.07, 6.45) is 62.9. The molecule has 0 aliphatic carbocycles. The normalized spacial score (nSPS) is 10.9. The molecule has 10 aromatic carbocycles. The van der Waals surface area contributed by atoms with Crippen molar-refractivity contribution in [3.63, 3.8) is 0 Å². The average Bonchev–Trinajstić information content (AvgIpc) is 0.884. The Kier molecular flexibility index (Phi) is 54.0. The Morgan fingerprint density at radius 2 is 0.287 bits per heavy atom. The summed E-state index contributed by atoms with van der Waals surface area (Å²) in [5, 5.41) is 0. The lowest BCUT2D eigenvalue weighted by Gasteiger charge is -2.06. The van der Waals surface area contributed by atoms with Gasteiger partial charge in [-0.25, -0.2) is 0 Å². The Morgan fingerprint density at radius 1 is 0.148 bits per heavy atom. The van der Waals surface area contributed by atoms with Crippen LogP contribution in [0.1, 0.15) is 306 Å². The largest absolute Gasteiger partial charge is 0.143 e. The third-order valence-corrected chi connectivity index (χ3v) is 23.5. The summed E-state index contributed by atoms with van der Waals surface area (Å²) in [6, 6.07) is 86.9. The molecule has 0 atom stereocenters. The van der Waals surface area contributed by atoms with Crippen molar-refractivity contribution in [3.05, 3.63) is 283 Å². The van der Waals surface area contributed by atoms with Crippen molar-refractivity contribution in [3.8, 4) is 55.6 Å². The Hall–Kier alpha value is -6.31. The zero-order valence-corrected chi connectivity index (χ0v) is 76.4. The maximum Gasteiger partial charge on any atom is 0.00404 e. The maximum atomic E-state index is 4.35. The highest BCUT2D eigenvalue weighted by molar-refractivity contribution is 7.81. The molecule has 0 bridgehead atoms. The molecule has 0 radical (unpaired) electrons. The molecule has 0 aliphatic rings. The predicted molar refractivity (Wildman–Crippen MR) is 527 cm³/mol. The second-order valence-corrected chi connectivity index (χ2v) is 34.6. The van der Waals surface area contributed by atoms with Gasteiger partial charge in [0, 0.05) is 24.5 Å². The molecule has 5 heteroatoms. The molecule has 0 spiro atoms. The molecule has 10 rings (SSSR count). The van der Waals surface area contributed by atoms with E-state index in [9.17, 15) is 0 Å². The van der Waals surface area contributed by atoms with Gasteiger partial charge in [0.2, 0.25) is 0 Å². The van der Waals surface area contributed by atoms with Crippen LogP contribution < -0.4 is 0 Å². The molecule has 0 heterocycles. The Labute approximate surface area is 730 Å². The quantitative estimate of drug-likeness (QED) is 0.0140. The molecule has 0 unspecified atom stereocenters. The molecule has 0 N–H and O–H groups in total. The molecular weight excluding hydrogens is 1480 g/mol. The fourth-order valence-corrected chi connectivity index (χ4v) is 15.3. The van der Waals surface area contributed by atoms with Crippen molar-refractivity contribution in [2.24, 2.45) is 0 Å². The highest BCUT2D eigenvalue weighted by Crippen LogP contribution is 2.29. The second kappa shape index (κ2) is 63.7. The van der Waals surface area contributed by atoms with Crippen LogP contribution in [0.5, 0.6) is 0 Å². The average molecular weight is 1630 g/mol. The number of rotatable bonds is 49. The summed E-state index contributed by atoms with van der Waals surface area (Å²) in [5.41, 5.74) is 20.0. The number of allylic oxidation sites excluding steroid dienone is 2. The Balaban J connectivity index is 0.000000224. The number of hydrogen-bond acceptors (Lipinski definition) is 5. The molecule has 0 saturated heterocycles. The van der Waals surface area contributed by atoms with Gasteiger partial charge in [-0.1, -0.05) is 434 Å². The summed E-state index contributed by atoms with van der Waals surface area (Å²) >= 11 is 21.7. The van der Waals surface area contributed by atoms with Crippen LogP contribution in [0, 0.1) is 0 Å². The van der Waals surface area contributed by atoms with Crippen molar-refractivity contribution in [1.82, 2.24) is 0 Å². The predicted octanol–water partition coefficient (Wildman–Crippen LogP) is 36.4. The minimum Gasteiger partial charge on any atom is -0.143 e. The van der Waals surface area contributed by atoms with Gasteiger partial charge in [0.1, 0.15) is 0 Å². The lowest BCUT2D eigenvalue weighted by Crippen LogP contribution is -1.87. The zero-order chi connectivity index (χ0) is 81.7. The van der Waals surface area contributed by atoms with Crippen molar-refractivity contribution in [1.29, 1.82) is 0 Å². The first-order valence-corrected chi connectivity index (χ1v) is 47.8. The maximum absolute atomic E-state index is 4.35. The van der Waals surface area contributed by atoms with Gasteiger partial charge in [-0.3, -0.25) is 0 Å². The van der Waals surface area contributed by atoms with Gasteiger partial charge in [-0.15, -0.1) is 63.1 Å². The molecular formula is C110H148S5. The van der Waals surface area contributed by atoms with Crippen LogP contribution >= 0.6 is 63.1 Å². The van der Waals surface area contributed by atoms with E-state index in [-0.39, 0.29) is 0 Å². The van der Waals surface area contributed by atoms with Gasteiger partial charge >= 0.3 is 0 Å². The van der Waals surface area contributed by atoms with E-state index in [1.54, 1.807) is 0 Å². The summed E-state index contributed by atoms with van der Waals surface area (Å²) in [4.78, 5) is 5.06. The van der Waals surface area contributed by atoms with E-state index >= 15 is 0 Å². The van der Waals surface area contributed by atoms with E-state index in [2.05, 4.69) is 316 Å². The number of thiol groups is 5. The number of unbranched alkanes of at least 4 members (excludes halogenated alkanes) is 32. The Morgan fingerprint density at radius 3 is 0.461 bits per heavy atom. The molecule has 618 valence electrons. The summed E-state index contributed by atoms with van der Waals surface area (Å²) in [5.74, 6) is 0. The van der Waals surface area contributed by atoms with Crippen molar-refractivity contribution in [2.45, 2.75) is 335 Å². The first-order chi connectivity index (χ1) is 56.5. The van der Waals surface area contributed by atoms with Crippen LogP contribution in [-0.2, 0) is 32.1 Å². The van der Waals surface area contributed by atoms with E-state index in [4.69, 9.17) is 0 Å². The third-order valence-electron chi connectivity index (χ3n) is 22.0. The van der Waals surface area contributed by atoms with Gasteiger partial charge in [0.15, 0.2) is 0 Å². The van der Waals surface area contributed by atoms with Crippen LogP contribution in [0.4, 0.5) is 0 Å². The van der Waals surface area contributed by atoms with Crippen molar-refractivity contribution >= 4 is 63.1 Å². The summed E-state index contributed by atoms with van der Waals surface area (Å²) in [7, 11) is 0. The van der Waals surface area contributed by atoms with E-state index in [0.29, 0.717) is 0 Å². The minimum absolute atomic E-state index is 1.00. The van der Waals surface area contributed by atoms with Gasteiger partial charge in [-0.2, -0.15) is 0 Å². The number of aryl methyl sites for hydroxylation is 5. The van der Waals surface area contributed by atoms with Crippen LogP contribution in [0.15, 0.2) is 279 Å². The summed E-state index contributed by atoms with van der Waals surface area (Å²) in [6.45, 7) is 11.4. The van der Waals surface area contributed by atoms with Gasteiger partial charge < -0.3 is 0 Å². The molecule has 115 heavy (non-hydrogen) atoms. The number of benzene rings is 10. The molecule has 0 fully saturated rings. The van der Waals surface area contributed by atoms with E-state index in [1.165, 1.54) is 347 Å². The lowest BCUT2D eigenvalue weighted by atomic mass is 10.0. The second-order valence-electron chi connectivity index (χ2n) is 32.0. The van der Waals surface area contributed by atoms with Crippen LogP contribution in [0.2, 0.25) is 0 Å². The van der Waals surface area contributed by atoms with Crippen LogP contribution in [0.3, 0.4) is 0 Å².